The molecule has 0 saturated carbocycles. The molecule has 0 atom stereocenters. The van der Waals surface area contributed by atoms with Crippen molar-refractivity contribution in [2.75, 3.05) is 6.54 Å². The van der Waals surface area contributed by atoms with Crippen molar-refractivity contribution in [1.82, 2.24) is 5.32 Å². The molecule has 0 unspecified atom stereocenters. The molecule has 0 aliphatic rings. The van der Waals surface area contributed by atoms with E-state index in [1.54, 1.807) is 20.8 Å². The zero-order valence-corrected chi connectivity index (χ0v) is 12.4. The molecule has 0 bridgehead atoms. The Bertz CT molecular complexity index is 495. The Balaban J connectivity index is 2.56. The highest BCUT2D eigenvalue weighted by molar-refractivity contribution is 6.42. The Morgan fingerprint density at radius 1 is 1.21 bits per heavy atom. The lowest BCUT2D eigenvalue weighted by Gasteiger charge is -2.19. The first-order valence-electron chi connectivity index (χ1n) is 5.64. The molecule has 0 fully saturated rings. The van der Waals surface area contributed by atoms with E-state index in [1.807, 2.05) is 0 Å². The molecular formula is C13H15Cl2NO3. The summed E-state index contributed by atoms with van der Waals surface area (Å²) in [5.74, 6) is -0.912. The minimum absolute atomic E-state index is 0.198. The van der Waals surface area contributed by atoms with Crippen LogP contribution in [0.5, 0.6) is 0 Å². The predicted octanol–water partition coefficient (Wildman–Crippen LogP) is 3.06. The summed E-state index contributed by atoms with van der Waals surface area (Å²) in [7, 11) is 0. The average molecular weight is 304 g/mol. The summed E-state index contributed by atoms with van der Waals surface area (Å²) >= 11 is 11.6. The van der Waals surface area contributed by atoms with Gasteiger partial charge in [0.15, 0.2) is 0 Å². The topological polar surface area (TPSA) is 55.4 Å². The maximum absolute atomic E-state index is 11.8. The number of halogens is 2. The SMILES string of the molecule is CC(C)(C)OC(=O)CNC(=O)c1ccc(Cl)c(Cl)c1. The van der Waals surface area contributed by atoms with Crippen LogP contribution in [0.3, 0.4) is 0 Å². The van der Waals surface area contributed by atoms with Gasteiger partial charge >= 0.3 is 5.97 Å². The van der Waals surface area contributed by atoms with Crippen molar-refractivity contribution in [1.29, 1.82) is 0 Å². The third-order valence-electron chi connectivity index (χ3n) is 2.00. The van der Waals surface area contributed by atoms with Gasteiger partial charge in [-0.25, -0.2) is 0 Å². The van der Waals surface area contributed by atoms with Gasteiger partial charge in [-0.3, -0.25) is 9.59 Å². The molecule has 1 aromatic carbocycles. The van der Waals surface area contributed by atoms with Crippen LogP contribution >= 0.6 is 23.2 Å². The minimum atomic E-state index is -0.578. The normalized spacial score (nSPS) is 11.0. The molecule has 4 nitrogen and oxygen atoms in total. The Morgan fingerprint density at radius 2 is 1.84 bits per heavy atom. The molecule has 1 amide bonds. The summed E-state index contributed by atoms with van der Waals surface area (Å²) in [6, 6.07) is 4.49. The van der Waals surface area contributed by atoms with Crippen molar-refractivity contribution in [2.45, 2.75) is 26.4 Å². The number of hydrogen-bond acceptors (Lipinski definition) is 3. The van der Waals surface area contributed by atoms with Crippen LogP contribution in [-0.4, -0.2) is 24.0 Å². The smallest absolute Gasteiger partial charge is 0.325 e. The molecule has 0 aliphatic carbocycles. The van der Waals surface area contributed by atoms with Crippen LogP contribution in [-0.2, 0) is 9.53 Å². The molecule has 0 heterocycles. The van der Waals surface area contributed by atoms with Crippen molar-refractivity contribution < 1.29 is 14.3 Å². The first kappa shape index (κ1) is 15.8. The van der Waals surface area contributed by atoms with E-state index in [2.05, 4.69) is 5.32 Å². The highest BCUT2D eigenvalue weighted by atomic mass is 35.5. The molecule has 0 aromatic heterocycles. The lowest BCUT2D eigenvalue weighted by atomic mass is 10.2. The standard InChI is InChI=1S/C13H15Cl2NO3/c1-13(2,3)19-11(17)7-16-12(18)8-4-5-9(14)10(15)6-8/h4-6H,7H2,1-3H3,(H,16,18). The van der Waals surface area contributed by atoms with Gasteiger partial charge in [-0.15, -0.1) is 0 Å². The van der Waals surface area contributed by atoms with E-state index in [1.165, 1.54) is 18.2 Å². The predicted molar refractivity (Wildman–Crippen MR) is 74.6 cm³/mol. The maximum Gasteiger partial charge on any atom is 0.325 e. The second-order valence-corrected chi connectivity index (χ2v) is 5.71. The van der Waals surface area contributed by atoms with Gasteiger partial charge in [-0.1, -0.05) is 23.2 Å². The van der Waals surface area contributed by atoms with Crippen LogP contribution in [0.25, 0.3) is 0 Å². The fraction of sp³-hybridized carbons (Fsp3) is 0.385. The van der Waals surface area contributed by atoms with Crippen molar-refractivity contribution in [3.05, 3.63) is 33.8 Å². The van der Waals surface area contributed by atoms with E-state index in [-0.39, 0.29) is 11.6 Å². The molecule has 0 aliphatic heterocycles. The number of esters is 1. The average Bonchev–Trinajstić information content (AvgIpc) is 2.27. The minimum Gasteiger partial charge on any atom is -0.459 e. The quantitative estimate of drug-likeness (QED) is 0.873. The second-order valence-electron chi connectivity index (χ2n) is 4.90. The molecule has 19 heavy (non-hydrogen) atoms. The molecule has 0 saturated heterocycles. The van der Waals surface area contributed by atoms with Gasteiger partial charge in [-0.2, -0.15) is 0 Å². The van der Waals surface area contributed by atoms with Crippen molar-refractivity contribution in [3.8, 4) is 0 Å². The number of ether oxygens (including phenoxy) is 1. The number of benzene rings is 1. The van der Waals surface area contributed by atoms with Gasteiger partial charge < -0.3 is 10.1 Å². The maximum atomic E-state index is 11.8. The molecular weight excluding hydrogens is 289 g/mol. The molecule has 104 valence electrons. The molecule has 1 rings (SSSR count). The number of amides is 1. The summed E-state index contributed by atoms with van der Waals surface area (Å²) in [4.78, 5) is 23.2. The number of hydrogen-bond donors (Lipinski definition) is 1. The van der Waals surface area contributed by atoms with E-state index in [0.717, 1.165) is 0 Å². The molecule has 1 aromatic rings. The highest BCUT2D eigenvalue weighted by Gasteiger charge is 2.17. The first-order chi connectivity index (χ1) is 8.69. The lowest BCUT2D eigenvalue weighted by molar-refractivity contribution is -0.153. The molecule has 0 radical (unpaired) electrons. The van der Waals surface area contributed by atoms with Gasteiger partial charge in [0.1, 0.15) is 12.1 Å². The van der Waals surface area contributed by atoms with Crippen LogP contribution in [0, 0.1) is 0 Å². The fourth-order valence-corrected chi connectivity index (χ4v) is 1.57. The van der Waals surface area contributed by atoms with E-state index < -0.39 is 17.5 Å². The summed E-state index contributed by atoms with van der Waals surface area (Å²) in [6.45, 7) is 5.07. The largest absolute Gasteiger partial charge is 0.459 e. The monoisotopic (exact) mass is 303 g/mol. The van der Waals surface area contributed by atoms with Crippen LogP contribution in [0.2, 0.25) is 10.0 Å². The molecule has 1 N–H and O–H groups in total. The first-order valence-corrected chi connectivity index (χ1v) is 6.40. The van der Waals surface area contributed by atoms with Crippen LogP contribution < -0.4 is 5.32 Å². The third kappa shape index (κ3) is 5.49. The van der Waals surface area contributed by atoms with Crippen molar-refractivity contribution in [3.63, 3.8) is 0 Å². The number of nitrogens with one attached hydrogen (secondary N) is 1. The highest BCUT2D eigenvalue weighted by Crippen LogP contribution is 2.22. The summed E-state index contributed by atoms with van der Waals surface area (Å²) in [5.41, 5.74) is -0.247. The van der Waals surface area contributed by atoms with E-state index in [9.17, 15) is 9.59 Å². The fourth-order valence-electron chi connectivity index (χ4n) is 1.27. The van der Waals surface area contributed by atoms with E-state index in [4.69, 9.17) is 27.9 Å². The zero-order chi connectivity index (χ0) is 14.6. The number of carbonyl (C=O) groups excluding carboxylic acids is 2. The van der Waals surface area contributed by atoms with Gasteiger partial charge in [0.2, 0.25) is 0 Å². The Labute approximate surface area is 122 Å². The Kier molecular flexibility index (Phi) is 5.20. The third-order valence-corrected chi connectivity index (χ3v) is 2.73. The van der Waals surface area contributed by atoms with Crippen LogP contribution in [0.1, 0.15) is 31.1 Å². The van der Waals surface area contributed by atoms with Gasteiger partial charge in [0, 0.05) is 5.56 Å². The van der Waals surface area contributed by atoms with Crippen molar-refractivity contribution in [2.24, 2.45) is 0 Å². The van der Waals surface area contributed by atoms with E-state index >= 15 is 0 Å². The molecule has 6 heteroatoms. The summed E-state index contributed by atoms with van der Waals surface area (Å²) < 4.78 is 5.07. The van der Waals surface area contributed by atoms with Crippen LogP contribution in [0.4, 0.5) is 0 Å². The van der Waals surface area contributed by atoms with Crippen LogP contribution in [0.15, 0.2) is 18.2 Å². The van der Waals surface area contributed by atoms with Crippen molar-refractivity contribution >= 4 is 35.1 Å². The van der Waals surface area contributed by atoms with E-state index in [0.29, 0.717) is 10.6 Å². The van der Waals surface area contributed by atoms with Gasteiger partial charge in [0.25, 0.3) is 5.91 Å². The number of carbonyl (C=O) groups is 2. The summed E-state index contributed by atoms with van der Waals surface area (Å²) in [6.07, 6.45) is 0. The summed E-state index contributed by atoms with van der Waals surface area (Å²) in [5, 5.41) is 3.10. The van der Waals surface area contributed by atoms with Gasteiger partial charge in [0.05, 0.1) is 10.0 Å². The number of rotatable bonds is 3. The lowest BCUT2D eigenvalue weighted by Crippen LogP contribution is -2.34. The Hall–Kier alpha value is -1.26. The second kappa shape index (κ2) is 6.26. The zero-order valence-electron chi connectivity index (χ0n) is 10.9. The molecule has 0 spiro atoms. The Morgan fingerprint density at radius 3 is 2.37 bits per heavy atom. The van der Waals surface area contributed by atoms with Gasteiger partial charge in [-0.05, 0) is 39.0 Å².